The molecule has 2 rings (SSSR count). The van der Waals surface area contributed by atoms with E-state index >= 15 is 0 Å². The Kier molecular flexibility index (Phi) is 7.84. The van der Waals surface area contributed by atoms with E-state index in [1.54, 1.807) is 0 Å². The lowest BCUT2D eigenvalue weighted by atomic mass is 10.2. The van der Waals surface area contributed by atoms with Gasteiger partial charge in [0.05, 0.1) is 6.54 Å². The molecule has 0 saturated heterocycles. The number of hydrogen-bond acceptors (Lipinski definition) is 3. The van der Waals surface area contributed by atoms with Crippen molar-refractivity contribution in [3.63, 3.8) is 0 Å². The van der Waals surface area contributed by atoms with Gasteiger partial charge in [-0.1, -0.05) is 50.1 Å². The first-order chi connectivity index (χ1) is 11.8. The van der Waals surface area contributed by atoms with Gasteiger partial charge in [-0.25, -0.2) is 0 Å². The average Bonchev–Trinajstić information content (AvgIpc) is 2.62. The number of amides is 1. The van der Waals surface area contributed by atoms with Gasteiger partial charge in [-0.05, 0) is 42.8 Å². The highest BCUT2D eigenvalue weighted by Crippen LogP contribution is 2.17. The lowest BCUT2D eigenvalue weighted by Crippen LogP contribution is -2.28. The Labute approximate surface area is 144 Å². The Hall–Kier alpha value is -2.33. The molecule has 0 heterocycles. The molecule has 0 aliphatic heterocycles. The maximum atomic E-state index is 11.8. The molecule has 2 N–H and O–H groups in total. The van der Waals surface area contributed by atoms with Crippen LogP contribution in [0.25, 0.3) is 0 Å². The molecular weight excluding hydrogens is 300 g/mol. The fraction of sp³-hybridized carbons (Fsp3) is 0.350. The highest BCUT2D eigenvalue weighted by Gasteiger charge is 2.02. The Balaban J connectivity index is 1.70. The minimum Gasteiger partial charge on any atom is -0.489 e. The van der Waals surface area contributed by atoms with Gasteiger partial charge in [0, 0.05) is 5.69 Å². The minimum atomic E-state index is -0.0237. The molecule has 0 spiro atoms. The third-order valence-corrected chi connectivity index (χ3v) is 3.63. The predicted molar refractivity (Wildman–Crippen MR) is 98.2 cm³/mol. The third kappa shape index (κ3) is 6.84. The summed E-state index contributed by atoms with van der Waals surface area (Å²) in [6.07, 6.45) is 3.49. The number of carbonyl (C=O) groups excluding carboxylic acids is 1. The highest BCUT2D eigenvalue weighted by molar-refractivity contribution is 5.92. The summed E-state index contributed by atoms with van der Waals surface area (Å²) in [5.74, 6) is 0.763. The standard InChI is InChI=1S/C20H26N2O2/c1-2-3-7-14-21-15-20(23)22-18-10-12-19(13-11-18)24-16-17-8-5-4-6-9-17/h4-6,8-13,21H,2-3,7,14-16H2,1H3,(H,22,23). The fourth-order valence-electron chi connectivity index (χ4n) is 2.28. The zero-order valence-corrected chi connectivity index (χ0v) is 14.3. The van der Waals surface area contributed by atoms with Crippen LogP contribution in [0.4, 0.5) is 5.69 Å². The molecule has 0 aliphatic carbocycles. The van der Waals surface area contributed by atoms with Crippen LogP contribution in [0, 0.1) is 0 Å². The van der Waals surface area contributed by atoms with Gasteiger partial charge in [-0.2, -0.15) is 0 Å². The van der Waals surface area contributed by atoms with Crippen LogP contribution in [-0.2, 0) is 11.4 Å². The van der Waals surface area contributed by atoms with Crippen LogP contribution in [-0.4, -0.2) is 19.0 Å². The largest absolute Gasteiger partial charge is 0.489 e. The van der Waals surface area contributed by atoms with Crippen LogP contribution in [0.3, 0.4) is 0 Å². The fourth-order valence-corrected chi connectivity index (χ4v) is 2.28. The first kappa shape index (κ1) is 18.0. The van der Waals surface area contributed by atoms with E-state index in [0.717, 1.165) is 30.0 Å². The summed E-state index contributed by atoms with van der Waals surface area (Å²) in [4.78, 5) is 11.8. The van der Waals surface area contributed by atoms with Crippen LogP contribution in [0.2, 0.25) is 0 Å². The van der Waals surface area contributed by atoms with Crippen LogP contribution in [0.15, 0.2) is 54.6 Å². The van der Waals surface area contributed by atoms with Crippen molar-refractivity contribution in [1.29, 1.82) is 0 Å². The smallest absolute Gasteiger partial charge is 0.238 e. The van der Waals surface area contributed by atoms with Gasteiger partial charge >= 0.3 is 0 Å². The van der Waals surface area contributed by atoms with Crippen molar-refractivity contribution >= 4 is 11.6 Å². The number of benzene rings is 2. The molecule has 4 heteroatoms. The normalized spacial score (nSPS) is 10.4. The second-order valence-electron chi connectivity index (χ2n) is 5.73. The van der Waals surface area contributed by atoms with Crippen molar-refractivity contribution in [2.75, 3.05) is 18.4 Å². The predicted octanol–water partition coefficient (Wildman–Crippen LogP) is 3.98. The summed E-state index contributed by atoms with van der Waals surface area (Å²) in [6.45, 7) is 3.93. The number of nitrogens with one attached hydrogen (secondary N) is 2. The van der Waals surface area contributed by atoms with Crippen LogP contribution < -0.4 is 15.4 Å². The van der Waals surface area contributed by atoms with E-state index in [0.29, 0.717) is 13.2 Å². The zero-order valence-electron chi connectivity index (χ0n) is 14.3. The number of unbranched alkanes of at least 4 members (excludes halogenated alkanes) is 2. The SMILES string of the molecule is CCCCCNCC(=O)Nc1ccc(OCc2ccccc2)cc1. The van der Waals surface area contributed by atoms with Crippen molar-refractivity contribution in [2.45, 2.75) is 32.8 Å². The van der Waals surface area contributed by atoms with Gasteiger partial charge in [-0.3, -0.25) is 4.79 Å². The van der Waals surface area contributed by atoms with Crippen molar-refractivity contribution < 1.29 is 9.53 Å². The van der Waals surface area contributed by atoms with Crippen molar-refractivity contribution in [2.24, 2.45) is 0 Å². The Morgan fingerprint density at radius 3 is 2.46 bits per heavy atom. The first-order valence-electron chi connectivity index (χ1n) is 8.55. The molecule has 0 aromatic heterocycles. The second kappa shape index (κ2) is 10.4. The molecule has 0 aliphatic rings. The summed E-state index contributed by atoms with van der Waals surface area (Å²) < 4.78 is 5.73. The second-order valence-corrected chi connectivity index (χ2v) is 5.73. The molecular formula is C20H26N2O2. The summed E-state index contributed by atoms with van der Waals surface area (Å²) in [7, 11) is 0. The summed E-state index contributed by atoms with van der Waals surface area (Å²) in [6, 6.07) is 17.5. The molecule has 2 aromatic carbocycles. The van der Waals surface area contributed by atoms with Gasteiger partial charge < -0.3 is 15.4 Å². The Morgan fingerprint density at radius 1 is 1.00 bits per heavy atom. The van der Waals surface area contributed by atoms with Crippen molar-refractivity contribution in [3.8, 4) is 5.75 Å². The minimum absolute atomic E-state index is 0.0237. The quantitative estimate of drug-likeness (QED) is 0.649. The number of ether oxygens (including phenoxy) is 1. The van der Waals surface area contributed by atoms with Crippen molar-refractivity contribution in [3.05, 3.63) is 60.2 Å². The first-order valence-corrected chi connectivity index (χ1v) is 8.55. The Bertz CT molecular complexity index is 597. The number of hydrogen-bond donors (Lipinski definition) is 2. The van der Waals surface area contributed by atoms with Crippen molar-refractivity contribution in [1.82, 2.24) is 5.32 Å². The van der Waals surface area contributed by atoms with Gasteiger partial charge in [0.2, 0.25) is 5.91 Å². The molecule has 24 heavy (non-hydrogen) atoms. The van der Waals surface area contributed by atoms with Gasteiger partial charge in [0.15, 0.2) is 0 Å². The molecule has 0 fully saturated rings. The molecule has 0 unspecified atom stereocenters. The maximum Gasteiger partial charge on any atom is 0.238 e. The zero-order chi connectivity index (χ0) is 17.0. The molecule has 2 aromatic rings. The molecule has 0 saturated carbocycles. The van der Waals surface area contributed by atoms with E-state index in [-0.39, 0.29) is 5.91 Å². The van der Waals surface area contributed by atoms with E-state index in [2.05, 4.69) is 17.6 Å². The molecule has 0 atom stereocenters. The molecule has 128 valence electrons. The maximum absolute atomic E-state index is 11.8. The van der Waals surface area contributed by atoms with E-state index in [1.807, 2.05) is 54.6 Å². The third-order valence-electron chi connectivity index (χ3n) is 3.63. The van der Waals surface area contributed by atoms with E-state index in [1.165, 1.54) is 12.8 Å². The van der Waals surface area contributed by atoms with E-state index in [9.17, 15) is 4.79 Å². The van der Waals surface area contributed by atoms with Crippen LogP contribution in [0.5, 0.6) is 5.75 Å². The monoisotopic (exact) mass is 326 g/mol. The number of rotatable bonds is 10. The molecule has 0 radical (unpaired) electrons. The van der Waals surface area contributed by atoms with E-state index in [4.69, 9.17) is 4.74 Å². The van der Waals surface area contributed by atoms with E-state index < -0.39 is 0 Å². The highest BCUT2D eigenvalue weighted by atomic mass is 16.5. The van der Waals surface area contributed by atoms with Gasteiger partial charge in [-0.15, -0.1) is 0 Å². The topological polar surface area (TPSA) is 50.4 Å². The lowest BCUT2D eigenvalue weighted by Gasteiger charge is -2.09. The summed E-state index contributed by atoms with van der Waals surface area (Å²) in [5, 5.41) is 6.03. The summed E-state index contributed by atoms with van der Waals surface area (Å²) in [5.41, 5.74) is 1.91. The molecule has 4 nitrogen and oxygen atoms in total. The molecule has 0 bridgehead atoms. The van der Waals surface area contributed by atoms with Gasteiger partial charge in [0.1, 0.15) is 12.4 Å². The Morgan fingerprint density at radius 2 is 1.75 bits per heavy atom. The number of anilines is 1. The van der Waals surface area contributed by atoms with Gasteiger partial charge in [0.25, 0.3) is 0 Å². The summed E-state index contributed by atoms with van der Waals surface area (Å²) >= 11 is 0. The van der Waals surface area contributed by atoms with Crippen LogP contribution in [0.1, 0.15) is 31.7 Å². The lowest BCUT2D eigenvalue weighted by molar-refractivity contribution is -0.115. The number of carbonyl (C=O) groups is 1. The van der Waals surface area contributed by atoms with Crippen LogP contribution >= 0.6 is 0 Å². The molecule has 1 amide bonds. The average molecular weight is 326 g/mol.